The molecule has 1 aliphatic carbocycles. The summed E-state index contributed by atoms with van der Waals surface area (Å²) in [6.45, 7) is 8.42. The maximum absolute atomic E-state index is 12.0. The number of sulfonamides is 1. The Bertz CT molecular complexity index is 355. The van der Waals surface area contributed by atoms with Gasteiger partial charge in [0.25, 0.3) is 0 Å². The fraction of sp³-hybridized carbons (Fsp3) is 1.00. The van der Waals surface area contributed by atoms with Gasteiger partial charge in [0, 0.05) is 12.1 Å². The normalized spacial score (nSPS) is 21.2. The molecule has 1 fully saturated rings. The maximum Gasteiger partial charge on any atom is 0.212 e. The average molecular weight is 262 g/mol. The second kappa shape index (κ2) is 4.86. The van der Waals surface area contributed by atoms with Crippen LogP contribution in [-0.4, -0.2) is 26.3 Å². The molecule has 1 atom stereocenters. The maximum atomic E-state index is 12.0. The number of hydrogen-bond acceptors (Lipinski definition) is 3. The zero-order valence-electron chi connectivity index (χ0n) is 11.4. The van der Waals surface area contributed by atoms with Crippen molar-refractivity contribution < 1.29 is 8.42 Å². The highest BCUT2D eigenvalue weighted by atomic mass is 32.2. The fourth-order valence-corrected chi connectivity index (χ4v) is 3.80. The lowest BCUT2D eigenvalue weighted by molar-refractivity contribution is 0.366. The molecular formula is C12H26N2O2S. The van der Waals surface area contributed by atoms with Gasteiger partial charge >= 0.3 is 0 Å². The Morgan fingerprint density at radius 1 is 1.24 bits per heavy atom. The first-order chi connectivity index (χ1) is 7.58. The van der Waals surface area contributed by atoms with E-state index in [1.165, 1.54) is 0 Å². The van der Waals surface area contributed by atoms with Crippen molar-refractivity contribution in [2.24, 2.45) is 17.1 Å². The van der Waals surface area contributed by atoms with E-state index in [-0.39, 0.29) is 11.2 Å². The molecule has 0 radical (unpaired) electrons. The van der Waals surface area contributed by atoms with E-state index in [0.717, 1.165) is 12.8 Å². The Kier molecular flexibility index (Phi) is 4.27. The minimum atomic E-state index is -3.22. The van der Waals surface area contributed by atoms with E-state index in [1.807, 2.05) is 27.7 Å². The molecule has 1 rings (SSSR count). The molecule has 1 aliphatic rings. The summed E-state index contributed by atoms with van der Waals surface area (Å²) in [6.07, 6.45) is 2.82. The Morgan fingerprint density at radius 2 is 1.76 bits per heavy atom. The first kappa shape index (κ1) is 14.9. The minimum Gasteiger partial charge on any atom is -0.329 e. The van der Waals surface area contributed by atoms with Crippen LogP contribution >= 0.6 is 0 Å². The summed E-state index contributed by atoms with van der Waals surface area (Å²) < 4.78 is 26.8. The van der Waals surface area contributed by atoms with Crippen LogP contribution in [0.15, 0.2) is 0 Å². The molecule has 1 unspecified atom stereocenters. The summed E-state index contributed by atoms with van der Waals surface area (Å²) in [5.41, 5.74) is 5.30. The summed E-state index contributed by atoms with van der Waals surface area (Å²) in [4.78, 5) is 0. The largest absolute Gasteiger partial charge is 0.329 e. The highest BCUT2D eigenvalue weighted by molar-refractivity contribution is 7.89. The van der Waals surface area contributed by atoms with Gasteiger partial charge < -0.3 is 5.73 Å². The van der Waals surface area contributed by atoms with E-state index >= 15 is 0 Å². The molecule has 0 spiro atoms. The van der Waals surface area contributed by atoms with Gasteiger partial charge in [-0.2, -0.15) is 0 Å². The summed E-state index contributed by atoms with van der Waals surface area (Å²) in [6, 6.07) is 0. The van der Waals surface area contributed by atoms with E-state index in [9.17, 15) is 8.42 Å². The van der Waals surface area contributed by atoms with Crippen molar-refractivity contribution in [2.75, 3.05) is 12.3 Å². The van der Waals surface area contributed by atoms with Gasteiger partial charge in [-0.3, -0.25) is 0 Å². The summed E-state index contributed by atoms with van der Waals surface area (Å²) in [7, 11) is -3.22. The third-order valence-corrected chi connectivity index (χ3v) is 4.93. The van der Waals surface area contributed by atoms with Gasteiger partial charge in [-0.1, -0.05) is 20.8 Å². The van der Waals surface area contributed by atoms with Gasteiger partial charge in [0.1, 0.15) is 0 Å². The van der Waals surface area contributed by atoms with Gasteiger partial charge in [-0.05, 0) is 37.5 Å². The highest BCUT2D eigenvalue weighted by Crippen LogP contribution is 2.39. The van der Waals surface area contributed by atoms with Gasteiger partial charge in [0.2, 0.25) is 10.0 Å². The lowest BCUT2D eigenvalue weighted by atomic mass is 9.94. The molecule has 0 saturated heterocycles. The zero-order chi connectivity index (χ0) is 13.3. The van der Waals surface area contributed by atoms with Gasteiger partial charge in [0.05, 0.1) is 5.75 Å². The summed E-state index contributed by atoms with van der Waals surface area (Å²) >= 11 is 0. The molecule has 0 amide bonds. The monoisotopic (exact) mass is 262 g/mol. The van der Waals surface area contributed by atoms with Crippen LogP contribution in [-0.2, 0) is 10.0 Å². The number of hydrogen-bond donors (Lipinski definition) is 2. The van der Waals surface area contributed by atoms with E-state index in [2.05, 4.69) is 4.72 Å². The average Bonchev–Trinajstić information content (AvgIpc) is 2.96. The number of nitrogens with two attached hydrogens (primary N) is 1. The first-order valence-corrected chi connectivity index (χ1v) is 7.95. The standard InChI is InChI=1S/C12H26N2O2S/c1-11(2,3)7-8-17(15,16)14-12(4,9-13)10-5-6-10/h10,14H,5-9,13H2,1-4H3. The molecule has 0 aromatic heterocycles. The Morgan fingerprint density at radius 3 is 2.12 bits per heavy atom. The van der Waals surface area contributed by atoms with Crippen LogP contribution in [0.4, 0.5) is 0 Å². The van der Waals surface area contributed by atoms with E-state index in [1.54, 1.807) is 0 Å². The number of nitrogens with one attached hydrogen (secondary N) is 1. The summed E-state index contributed by atoms with van der Waals surface area (Å²) in [5, 5.41) is 0. The van der Waals surface area contributed by atoms with Crippen molar-refractivity contribution in [3.8, 4) is 0 Å². The van der Waals surface area contributed by atoms with Gasteiger partial charge in [-0.25, -0.2) is 13.1 Å². The SMILES string of the molecule is CC(C)(C)CCS(=O)(=O)NC(C)(CN)C1CC1. The van der Waals surface area contributed by atoms with Crippen LogP contribution in [0.2, 0.25) is 0 Å². The quantitative estimate of drug-likeness (QED) is 0.761. The van der Waals surface area contributed by atoms with Crippen LogP contribution in [0.1, 0.15) is 47.0 Å². The van der Waals surface area contributed by atoms with Gasteiger partial charge in [0.15, 0.2) is 0 Å². The molecule has 102 valence electrons. The topological polar surface area (TPSA) is 72.2 Å². The molecule has 0 aromatic rings. The zero-order valence-corrected chi connectivity index (χ0v) is 12.2. The van der Waals surface area contributed by atoms with E-state index in [4.69, 9.17) is 5.73 Å². The molecule has 4 nitrogen and oxygen atoms in total. The lowest BCUT2D eigenvalue weighted by Crippen LogP contribution is -2.53. The van der Waals surface area contributed by atoms with Crippen molar-refractivity contribution in [3.05, 3.63) is 0 Å². The molecule has 5 heteroatoms. The van der Waals surface area contributed by atoms with Crippen LogP contribution in [0.5, 0.6) is 0 Å². The summed E-state index contributed by atoms with van der Waals surface area (Å²) in [5.74, 6) is 0.593. The predicted molar refractivity (Wildman–Crippen MR) is 71.2 cm³/mol. The van der Waals surface area contributed by atoms with E-state index in [0.29, 0.717) is 18.9 Å². The van der Waals surface area contributed by atoms with Gasteiger partial charge in [-0.15, -0.1) is 0 Å². The minimum absolute atomic E-state index is 0.0352. The van der Waals surface area contributed by atoms with Crippen molar-refractivity contribution >= 4 is 10.0 Å². The van der Waals surface area contributed by atoms with Crippen molar-refractivity contribution in [1.29, 1.82) is 0 Å². The van der Waals surface area contributed by atoms with Crippen molar-refractivity contribution in [2.45, 2.75) is 52.5 Å². The molecule has 0 heterocycles. The molecule has 0 aliphatic heterocycles. The smallest absolute Gasteiger partial charge is 0.212 e. The van der Waals surface area contributed by atoms with Crippen molar-refractivity contribution in [3.63, 3.8) is 0 Å². The predicted octanol–water partition coefficient (Wildman–Crippen LogP) is 1.47. The first-order valence-electron chi connectivity index (χ1n) is 6.30. The van der Waals surface area contributed by atoms with Crippen LogP contribution in [0.3, 0.4) is 0 Å². The Balaban J connectivity index is 2.59. The molecule has 17 heavy (non-hydrogen) atoms. The lowest BCUT2D eigenvalue weighted by Gasteiger charge is -2.29. The molecule has 0 aromatic carbocycles. The Hall–Kier alpha value is -0.130. The molecule has 3 N–H and O–H groups in total. The van der Waals surface area contributed by atoms with Crippen molar-refractivity contribution in [1.82, 2.24) is 4.72 Å². The Labute approximate surface area is 105 Å². The number of rotatable bonds is 6. The third-order valence-electron chi connectivity index (χ3n) is 3.41. The molecular weight excluding hydrogens is 236 g/mol. The fourth-order valence-electron chi connectivity index (χ4n) is 1.86. The molecule has 1 saturated carbocycles. The van der Waals surface area contributed by atoms with Crippen LogP contribution in [0, 0.1) is 11.3 Å². The molecule has 0 bridgehead atoms. The van der Waals surface area contributed by atoms with Crippen LogP contribution in [0.25, 0.3) is 0 Å². The second-order valence-electron chi connectivity index (χ2n) is 6.63. The second-order valence-corrected chi connectivity index (χ2v) is 8.47. The third kappa shape index (κ3) is 4.94. The van der Waals surface area contributed by atoms with E-state index < -0.39 is 15.6 Å². The highest BCUT2D eigenvalue weighted by Gasteiger charge is 2.42. The van der Waals surface area contributed by atoms with Crippen LogP contribution < -0.4 is 10.5 Å².